The van der Waals surface area contributed by atoms with Gasteiger partial charge in [-0.1, -0.05) is 22.9 Å². The van der Waals surface area contributed by atoms with Crippen LogP contribution in [0, 0.1) is 0 Å². The molecule has 1 heterocycles. The normalized spacial score (nSPS) is 21.7. The van der Waals surface area contributed by atoms with Crippen molar-refractivity contribution in [2.24, 2.45) is 0 Å². The fraction of sp³-hybridized carbons (Fsp3) is 0.600. The summed E-state index contributed by atoms with van der Waals surface area (Å²) in [6.07, 6.45) is -0.462. The Hall–Kier alpha value is -0.620. The van der Waals surface area contributed by atoms with E-state index in [2.05, 4.69) is 27.8 Å². The first-order valence-corrected chi connectivity index (χ1v) is 7.83. The first kappa shape index (κ1) is 15.8. The fourth-order valence-electron chi connectivity index (χ4n) is 2.33. The summed E-state index contributed by atoms with van der Waals surface area (Å²) in [6, 6.07) is 5.69. The van der Waals surface area contributed by atoms with Gasteiger partial charge in [0.1, 0.15) is 18.5 Å². The van der Waals surface area contributed by atoms with E-state index >= 15 is 0 Å². The quantitative estimate of drug-likeness (QED) is 0.892. The number of benzene rings is 1. The van der Waals surface area contributed by atoms with E-state index in [1.807, 2.05) is 18.2 Å². The first-order valence-electron chi connectivity index (χ1n) is 7.04. The SMILES string of the molecule is CCN1CCOC(COc2ccc(Br)cc2C(C)O)C1. The highest BCUT2D eigenvalue weighted by atomic mass is 79.9. The van der Waals surface area contributed by atoms with Gasteiger partial charge in [-0.3, -0.25) is 4.90 Å². The predicted octanol–water partition coefficient (Wildman–Crippen LogP) is 2.60. The molecule has 0 amide bonds. The highest BCUT2D eigenvalue weighted by Crippen LogP contribution is 2.28. The maximum atomic E-state index is 9.81. The summed E-state index contributed by atoms with van der Waals surface area (Å²) in [6.45, 7) is 8.09. The summed E-state index contributed by atoms with van der Waals surface area (Å²) < 4.78 is 12.5. The van der Waals surface area contributed by atoms with Gasteiger partial charge in [-0.15, -0.1) is 0 Å². The standard InChI is InChI=1S/C15H22BrNO3/c1-3-17-6-7-19-13(9-17)10-20-15-5-4-12(16)8-14(15)11(2)18/h4-5,8,11,13,18H,3,6-7,9-10H2,1-2H3. The Balaban J connectivity index is 1.96. The van der Waals surface area contributed by atoms with Crippen molar-refractivity contribution in [3.63, 3.8) is 0 Å². The van der Waals surface area contributed by atoms with Gasteiger partial charge in [0.25, 0.3) is 0 Å². The van der Waals surface area contributed by atoms with Crippen molar-refractivity contribution in [3.05, 3.63) is 28.2 Å². The molecule has 0 bridgehead atoms. The summed E-state index contributed by atoms with van der Waals surface area (Å²) in [7, 11) is 0. The van der Waals surface area contributed by atoms with Gasteiger partial charge in [0.15, 0.2) is 0 Å². The van der Waals surface area contributed by atoms with E-state index in [9.17, 15) is 5.11 Å². The Kier molecular flexibility index (Phi) is 5.84. The third-order valence-corrected chi connectivity index (χ3v) is 4.01. The van der Waals surface area contributed by atoms with E-state index in [1.165, 1.54) is 0 Å². The zero-order valence-electron chi connectivity index (χ0n) is 12.0. The van der Waals surface area contributed by atoms with Crippen LogP contribution in [0.1, 0.15) is 25.5 Å². The molecule has 0 aliphatic carbocycles. The lowest BCUT2D eigenvalue weighted by atomic mass is 10.1. The molecule has 0 spiro atoms. The van der Waals surface area contributed by atoms with Crippen LogP contribution in [0.25, 0.3) is 0 Å². The molecule has 1 fully saturated rings. The maximum Gasteiger partial charge on any atom is 0.125 e. The Morgan fingerprint density at radius 2 is 2.35 bits per heavy atom. The number of rotatable bonds is 5. The van der Waals surface area contributed by atoms with Crippen LogP contribution in [-0.4, -0.2) is 49.0 Å². The van der Waals surface area contributed by atoms with Crippen LogP contribution in [0.2, 0.25) is 0 Å². The minimum absolute atomic E-state index is 0.0918. The third kappa shape index (κ3) is 4.19. The molecule has 1 N–H and O–H groups in total. The minimum atomic E-state index is -0.554. The lowest BCUT2D eigenvalue weighted by Crippen LogP contribution is -2.44. The van der Waals surface area contributed by atoms with Crippen molar-refractivity contribution in [1.29, 1.82) is 0 Å². The molecule has 0 radical (unpaired) electrons. The molecule has 1 aliphatic rings. The van der Waals surface area contributed by atoms with Crippen LogP contribution < -0.4 is 4.74 Å². The number of likely N-dealkylation sites (N-methyl/N-ethyl adjacent to an activating group) is 1. The van der Waals surface area contributed by atoms with Crippen LogP contribution in [0.3, 0.4) is 0 Å². The molecule has 1 saturated heterocycles. The average molecular weight is 344 g/mol. The molecule has 0 aromatic heterocycles. The van der Waals surface area contributed by atoms with Crippen molar-refractivity contribution < 1.29 is 14.6 Å². The Labute approximate surface area is 128 Å². The van der Waals surface area contributed by atoms with Crippen molar-refractivity contribution in [2.45, 2.75) is 26.1 Å². The number of aliphatic hydroxyl groups excluding tert-OH is 1. The number of morpholine rings is 1. The molecule has 1 aromatic carbocycles. The summed E-state index contributed by atoms with van der Waals surface area (Å²) >= 11 is 3.41. The van der Waals surface area contributed by atoms with Gasteiger partial charge in [-0.05, 0) is 31.7 Å². The van der Waals surface area contributed by atoms with Gasteiger partial charge >= 0.3 is 0 Å². The molecule has 20 heavy (non-hydrogen) atoms. The molecule has 1 aromatic rings. The molecule has 5 heteroatoms. The molecule has 2 atom stereocenters. The topological polar surface area (TPSA) is 41.9 Å². The van der Waals surface area contributed by atoms with E-state index in [0.717, 1.165) is 42.0 Å². The molecule has 1 aliphatic heterocycles. The summed E-state index contributed by atoms with van der Waals surface area (Å²) in [5.41, 5.74) is 0.794. The molecule has 4 nitrogen and oxygen atoms in total. The van der Waals surface area contributed by atoms with Crippen molar-refractivity contribution in [1.82, 2.24) is 4.90 Å². The summed E-state index contributed by atoms with van der Waals surface area (Å²) in [5, 5.41) is 9.81. The highest BCUT2D eigenvalue weighted by molar-refractivity contribution is 9.10. The number of nitrogens with zero attached hydrogens (tertiary/aromatic N) is 1. The van der Waals surface area contributed by atoms with Crippen LogP contribution in [0.15, 0.2) is 22.7 Å². The second-order valence-corrected chi connectivity index (χ2v) is 5.97. The van der Waals surface area contributed by atoms with Gasteiger partial charge in [-0.2, -0.15) is 0 Å². The number of hydrogen-bond donors (Lipinski definition) is 1. The number of halogens is 1. The lowest BCUT2D eigenvalue weighted by Gasteiger charge is -2.32. The van der Waals surface area contributed by atoms with Crippen molar-refractivity contribution in [2.75, 3.05) is 32.8 Å². The second kappa shape index (κ2) is 7.41. The van der Waals surface area contributed by atoms with Crippen LogP contribution in [0.5, 0.6) is 5.75 Å². The molecular formula is C15H22BrNO3. The zero-order valence-corrected chi connectivity index (χ0v) is 13.6. The number of ether oxygens (including phenoxy) is 2. The largest absolute Gasteiger partial charge is 0.490 e. The third-order valence-electron chi connectivity index (χ3n) is 3.52. The summed E-state index contributed by atoms with van der Waals surface area (Å²) in [5.74, 6) is 0.723. The van der Waals surface area contributed by atoms with Gasteiger partial charge < -0.3 is 14.6 Å². The molecule has 112 valence electrons. The van der Waals surface area contributed by atoms with Gasteiger partial charge in [0.2, 0.25) is 0 Å². The first-order chi connectivity index (χ1) is 9.60. The number of aliphatic hydroxyl groups is 1. The molecule has 0 saturated carbocycles. The predicted molar refractivity (Wildman–Crippen MR) is 82.1 cm³/mol. The Bertz CT molecular complexity index is 439. The Morgan fingerprint density at radius 1 is 1.55 bits per heavy atom. The van der Waals surface area contributed by atoms with Crippen LogP contribution >= 0.6 is 15.9 Å². The second-order valence-electron chi connectivity index (χ2n) is 5.06. The summed E-state index contributed by atoms with van der Waals surface area (Å²) in [4.78, 5) is 2.36. The monoisotopic (exact) mass is 343 g/mol. The highest BCUT2D eigenvalue weighted by Gasteiger charge is 2.20. The van der Waals surface area contributed by atoms with Gasteiger partial charge in [-0.25, -0.2) is 0 Å². The fourth-order valence-corrected chi connectivity index (χ4v) is 2.71. The molecular weight excluding hydrogens is 322 g/mol. The van der Waals surface area contributed by atoms with E-state index < -0.39 is 6.10 Å². The number of hydrogen-bond acceptors (Lipinski definition) is 4. The smallest absolute Gasteiger partial charge is 0.125 e. The zero-order chi connectivity index (χ0) is 14.5. The van der Waals surface area contributed by atoms with Gasteiger partial charge in [0.05, 0.1) is 12.7 Å². The van der Waals surface area contributed by atoms with Crippen LogP contribution in [-0.2, 0) is 4.74 Å². The van der Waals surface area contributed by atoms with E-state index in [0.29, 0.717) is 6.61 Å². The molecule has 2 unspecified atom stereocenters. The maximum absolute atomic E-state index is 9.81. The van der Waals surface area contributed by atoms with Crippen LogP contribution in [0.4, 0.5) is 0 Å². The Morgan fingerprint density at radius 3 is 3.05 bits per heavy atom. The van der Waals surface area contributed by atoms with E-state index in [4.69, 9.17) is 9.47 Å². The van der Waals surface area contributed by atoms with E-state index in [1.54, 1.807) is 6.92 Å². The van der Waals surface area contributed by atoms with Crippen molar-refractivity contribution >= 4 is 15.9 Å². The average Bonchev–Trinajstić information content (AvgIpc) is 2.46. The molecule has 2 rings (SSSR count). The minimum Gasteiger partial charge on any atom is -0.490 e. The lowest BCUT2D eigenvalue weighted by molar-refractivity contribution is -0.0467. The van der Waals surface area contributed by atoms with E-state index in [-0.39, 0.29) is 6.10 Å². The van der Waals surface area contributed by atoms with Crippen molar-refractivity contribution in [3.8, 4) is 5.75 Å². The van der Waals surface area contributed by atoms with Gasteiger partial charge in [0, 0.05) is 23.1 Å².